The van der Waals surface area contributed by atoms with Crippen LogP contribution in [0.2, 0.25) is 0 Å². The first-order valence-electron chi connectivity index (χ1n) is 4.59. The molecule has 0 amide bonds. The summed E-state index contributed by atoms with van der Waals surface area (Å²) in [5.74, 6) is 0. The molecule has 0 atom stereocenters. The molecule has 2 aromatic rings. The normalized spacial score (nSPS) is 10.2. The number of aromatic nitrogens is 2. The lowest BCUT2D eigenvalue weighted by atomic mass is 10.2. The molecule has 0 saturated heterocycles. The second-order valence-corrected chi connectivity index (χ2v) is 3.34. The highest BCUT2D eigenvalue weighted by atomic mass is 16.1. The van der Waals surface area contributed by atoms with E-state index in [0.29, 0.717) is 5.69 Å². The third kappa shape index (κ3) is 1.88. The minimum atomic E-state index is -0.0901. The van der Waals surface area contributed by atoms with Crippen LogP contribution in [-0.4, -0.2) is 9.78 Å². The van der Waals surface area contributed by atoms with Crippen LogP contribution < -0.4 is 11.2 Å². The van der Waals surface area contributed by atoms with Crippen LogP contribution in [0.5, 0.6) is 0 Å². The van der Waals surface area contributed by atoms with Crippen molar-refractivity contribution in [3.8, 4) is 5.69 Å². The van der Waals surface area contributed by atoms with E-state index in [0.717, 1.165) is 11.4 Å². The average Bonchev–Trinajstić information content (AvgIpc) is 2.17. The molecule has 1 heterocycles. The van der Waals surface area contributed by atoms with Crippen molar-refractivity contribution in [1.82, 2.24) is 9.78 Å². The molecule has 0 aliphatic rings. The summed E-state index contributed by atoms with van der Waals surface area (Å²) in [6.45, 7) is 1.83. The minimum Gasteiger partial charge on any atom is -0.399 e. The summed E-state index contributed by atoms with van der Waals surface area (Å²) < 4.78 is 1.68. The van der Waals surface area contributed by atoms with E-state index >= 15 is 0 Å². The predicted molar refractivity (Wildman–Crippen MR) is 59.0 cm³/mol. The fourth-order valence-electron chi connectivity index (χ4n) is 1.44. The Bertz CT molecular complexity index is 546. The van der Waals surface area contributed by atoms with Gasteiger partial charge in [0.2, 0.25) is 0 Å². The van der Waals surface area contributed by atoms with E-state index in [1.807, 2.05) is 25.1 Å². The molecule has 4 nitrogen and oxygen atoms in total. The number of aryl methyl sites for hydroxylation is 1. The summed E-state index contributed by atoms with van der Waals surface area (Å²) in [7, 11) is 0. The number of nitrogens with zero attached hydrogens (tertiary/aromatic N) is 2. The predicted octanol–water partition coefficient (Wildman–Crippen LogP) is 1.12. The molecule has 1 aromatic carbocycles. The van der Waals surface area contributed by atoms with Crippen molar-refractivity contribution in [3.63, 3.8) is 0 Å². The zero-order chi connectivity index (χ0) is 10.8. The highest BCUT2D eigenvalue weighted by molar-refractivity contribution is 5.47. The van der Waals surface area contributed by atoms with Crippen LogP contribution in [0.15, 0.2) is 41.3 Å². The molecule has 0 bridgehead atoms. The van der Waals surface area contributed by atoms with Crippen LogP contribution in [0.3, 0.4) is 0 Å². The second-order valence-electron chi connectivity index (χ2n) is 3.34. The Morgan fingerprint density at radius 1 is 1.33 bits per heavy atom. The van der Waals surface area contributed by atoms with Gasteiger partial charge in [-0.05, 0) is 25.1 Å². The lowest BCUT2D eigenvalue weighted by Gasteiger charge is -2.08. The number of anilines is 1. The van der Waals surface area contributed by atoms with Crippen LogP contribution in [0.1, 0.15) is 5.69 Å². The van der Waals surface area contributed by atoms with Crippen molar-refractivity contribution >= 4 is 5.69 Å². The first-order valence-corrected chi connectivity index (χ1v) is 4.59. The van der Waals surface area contributed by atoms with Crippen molar-refractivity contribution in [1.29, 1.82) is 0 Å². The molecule has 0 radical (unpaired) electrons. The first kappa shape index (κ1) is 9.45. The maximum atomic E-state index is 11.0. The van der Waals surface area contributed by atoms with Gasteiger partial charge in [0.1, 0.15) is 0 Å². The van der Waals surface area contributed by atoms with Crippen molar-refractivity contribution in [2.45, 2.75) is 6.92 Å². The van der Waals surface area contributed by atoms with Crippen LogP contribution in [0.25, 0.3) is 5.69 Å². The maximum Gasteiger partial charge on any atom is 0.200 e. The van der Waals surface area contributed by atoms with Gasteiger partial charge in [0.05, 0.1) is 11.9 Å². The highest BCUT2D eigenvalue weighted by Gasteiger charge is 2.00. The van der Waals surface area contributed by atoms with Gasteiger partial charge in [0, 0.05) is 17.4 Å². The van der Waals surface area contributed by atoms with Crippen molar-refractivity contribution in [2.24, 2.45) is 0 Å². The molecule has 0 spiro atoms. The SMILES string of the molecule is Cc1cc(=O)cnn1-c1cccc(N)c1. The fraction of sp³-hybridized carbons (Fsp3) is 0.0909. The Morgan fingerprint density at radius 2 is 2.13 bits per heavy atom. The van der Waals surface area contributed by atoms with Gasteiger partial charge in [0.15, 0.2) is 5.43 Å². The van der Waals surface area contributed by atoms with Crippen LogP contribution in [0, 0.1) is 6.92 Å². The zero-order valence-electron chi connectivity index (χ0n) is 8.34. The van der Waals surface area contributed by atoms with E-state index in [2.05, 4.69) is 5.10 Å². The molecule has 0 aliphatic carbocycles. The van der Waals surface area contributed by atoms with Crippen LogP contribution in [-0.2, 0) is 0 Å². The smallest absolute Gasteiger partial charge is 0.200 e. The molecule has 4 heteroatoms. The van der Waals surface area contributed by atoms with E-state index in [1.54, 1.807) is 10.7 Å². The Morgan fingerprint density at radius 3 is 2.80 bits per heavy atom. The van der Waals surface area contributed by atoms with E-state index in [-0.39, 0.29) is 5.43 Å². The summed E-state index contributed by atoms with van der Waals surface area (Å²) in [6.07, 6.45) is 1.29. The van der Waals surface area contributed by atoms with E-state index in [4.69, 9.17) is 5.73 Å². The van der Waals surface area contributed by atoms with Gasteiger partial charge in [0.25, 0.3) is 0 Å². The van der Waals surface area contributed by atoms with E-state index in [9.17, 15) is 4.79 Å². The van der Waals surface area contributed by atoms with Gasteiger partial charge < -0.3 is 5.73 Å². The van der Waals surface area contributed by atoms with Crippen LogP contribution in [0.4, 0.5) is 5.69 Å². The number of rotatable bonds is 1. The maximum absolute atomic E-state index is 11.0. The molecule has 0 fully saturated rings. The van der Waals surface area contributed by atoms with Crippen molar-refractivity contribution < 1.29 is 0 Å². The number of nitrogens with two attached hydrogens (primary N) is 1. The molecule has 1 aromatic heterocycles. The third-order valence-corrected chi connectivity index (χ3v) is 2.10. The topological polar surface area (TPSA) is 60.9 Å². The third-order valence-electron chi connectivity index (χ3n) is 2.10. The van der Waals surface area contributed by atoms with Crippen molar-refractivity contribution in [3.05, 3.63) is 52.4 Å². The average molecular weight is 201 g/mol. The molecule has 2 N–H and O–H groups in total. The van der Waals surface area contributed by atoms with Gasteiger partial charge in [-0.1, -0.05) is 6.07 Å². The number of hydrogen-bond donors (Lipinski definition) is 1. The summed E-state index contributed by atoms with van der Waals surface area (Å²) in [5, 5.41) is 4.04. The molecular formula is C11H11N3O. The lowest BCUT2D eigenvalue weighted by molar-refractivity contribution is 0.800. The number of benzene rings is 1. The summed E-state index contributed by atoms with van der Waals surface area (Å²) >= 11 is 0. The van der Waals surface area contributed by atoms with Gasteiger partial charge in [-0.25, -0.2) is 4.68 Å². The fourth-order valence-corrected chi connectivity index (χ4v) is 1.44. The summed E-state index contributed by atoms with van der Waals surface area (Å²) in [6, 6.07) is 8.90. The van der Waals surface area contributed by atoms with E-state index in [1.165, 1.54) is 12.3 Å². The Balaban J connectivity index is 2.59. The van der Waals surface area contributed by atoms with E-state index < -0.39 is 0 Å². The molecule has 2 rings (SSSR count). The molecule has 0 saturated carbocycles. The summed E-state index contributed by atoms with van der Waals surface area (Å²) in [4.78, 5) is 11.0. The molecule has 0 unspecified atom stereocenters. The quantitative estimate of drug-likeness (QED) is 0.703. The number of nitrogen functional groups attached to an aromatic ring is 1. The van der Waals surface area contributed by atoms with Crippen LogP contribution >= 0.6 is 0 Å². The molecule has 15 heavy (non-hydrogen) atoms. The Labute approximate surface area is 87.0 Å². The second kappa shape index (κ2) is 3.57. The molecule has 0 aliphatic heterocycles. The lowest BCUT2D eigenvalue weighted by Crippen LogP contribution is -2.11. The van der Waals surface area contributed by atoms with Crippen molar-refractivity contribution in [2.75, 3.05) is 5.73 Å². The highest BCUT2D eigenvalue weighted by Crippen LogP contribution is 2.11. The zero-order valence-corrected chi connectivity index (χ0v) is 8.34. The monoisotopic (exact) mass is 201 g/mol. The Hall–Kier alpha value is -2.10. The molecular weight excluding hydrogens is 190 g/mol. The first-order chi connectivity index (χ1) is 7.16. The van der Waals surface area contributed by atoms with Gasteiger partial charge in [-0.2, -0.15) is 5.10 Å². The minimum absolute atomic E-state index is 0.0901. The standard InChI is InChI=1S/C11H11N3O/c1-8-5-11(15)7-13-14(8)10-4-2-3-9(12)6-10/h2-7H,12H2,1H3. The van der Waals surface area contributed by atoms with Gasteiger partial charge >= 0.3 is 0 Å². The summed E-state index contributed by atoms with van der Waals surface area (Å²) in [5.41, 5.74) is 7.90. The number of hydrogen-bond acceptors (Lipinski definition) is 3. The Kier molecular flexibility index (Phi) is 2.25. The van der Waals surface area contributed by atoms with Gasteiger partial charge in [-0.15, -0.1) is 0 Å². The largest absolute Gasteiger partial charge is 0.399 e. The van der Waals surface area contributed by atoms with Gasteiger partial charge in [-0.3, -0.25) is 4.79 Å². The molecule has 76 valence electrons.